The Morgan fingerprint density at radius 2 is 0.735 bits per heavy atom. The summed E-state index contributed by atoms with van der Waals surface area (Å²) >= 11 is 0. The molecule has 0 radical (unpaired) electrons. The summed E-state index contributed by atoms with van der Waals surface area (Å²) in [6, 6.07) is 83.5. The first kappa shape index (κ1) is 49.7. The Bertz CT molecular complexity index is 4770. The molecule has 0 bridgehead atoms. The number of hydrogen-bond donors (Lipinski definition) is 0. The number of fused-ring (bicyclic) bond motifs is 8. The first-order chi connectivity index (χ1) is 40.2. The first-order valence-electron chi connectivity index (χ1n) is 30.0. The van der Waals surface area contributed by atoms with Crippen molar-refractivity contribution in [2.24, 2.45) is 5.41 Å². The molecule has 0 heterocycles. The lowest BCUT2D eigenvalue weighted by Crippen LogP contribution is -2.15. The van der Waals surface area contributed by atoms with Gasteiger partial charge in [0.1, 0.15) is 0 Å². The van der Waals surface area contributed by atoms with E-state index in [0.717, 1.165) is 12.8 Å². The summed E-state index contributed by atoms with van der Waals surface area (Å²) in [7, 11) is 0. The molecule has 4 aliphatic rings. The Balaban J connectivity index is 0.644. The highest BCUT2D eigenvalue weighted by Crippen LogP contribution is 2.54. The van der Waals surface area contributed by atoms with Crippen molar-refractivity contribution in [2.75, 3.05) is 0 Å². The van der Waals surface area contributed by atoms with Crippen LogP contribution in [0.5, 0.6) is 0 Å². The van der Waals surface area contributed by atoms with E-state index in [0.29, 0.717) is 0 Å². The van der Waals surface area contributed by atoms with Crippen molar-refractivity contribution < 1.29 is 0 Å². The molecule has 0 fully saturated rings. The molecule has 0 amide bonds. The standard InChI is InChI=1S/C83H66/c1-49-64-13-9-11-15-71(64)79(72-16-12-10-14-65(49)72)55-27-23-51(24-28-55)50-17-19-52(20-18-50)57-32-38-67-69-40-34-59(47-76(69)82(5,6)74(67)45-57)60-35-41-70-68-39-33-58(46-75(68)83(7,8)77(70)48-60)53-21-25-54(26-22-53)66-37-31-56-29-30-61-43-63(81(2,3)4)44-62-36-42-73(66)80(56)78(61)62/h9-28,30-42,44-48H,29,43H2,1-8H3. The first-order valence-corrected chi connectivity index (χ1v) is 30.0. The molecule has 0 unspecified atom stereocenters. The lowest BCUT2D eigenvalue weighted by atomic mass is 9.72. The average Bonchev–Trinajstić information content (AvgIpc) is 2.69. The van der Waals surface area contributed by atoms with Crippen molar-refractivity contribution in [3.05, 3.63) is 275 Å². The topological polar surface area (TPSA) is 0 Å². The smallest absolute Gasteiger partial charge is 0.0159 e. The lowest BCUT2D eigenvalue weighted by molar-refractivity contribution is 0.498. The van der Waals surface area contributed by atoms with Crippen molar-refractivity contribution >= 4 is 44.0 Å². The van der Waals surface area contributed by atoms with Gasteiger partial charge in [0.2, 0.25) is 0 Å². The van der Waals surface area contributed by atoms with Gasteiger partial charge in [-0.3, -0.25) is 0 Å². The Morgan fingerprint density at radius 3 is 1.19 bits per heavy atom. The maximum Gasteiger partial charge on any atom is 0.0159 e. The summed E-state index contributed by atoms with van der Waals surface area (Å²) < 4.78 is 0. The second-order valence-electron chi connectivity index (χ2n) is 26.4. The second kappa shape index (κ2) is 17.9. The van der Waals surface area contributed by atoms with Gasteiger partial charge in [-0.1, -0.05) is 260 Å². The van der Waals surface area contributed by atoms with Crippen LogP contribution < -0.4 is 0 Å². The number of rotatable bonds is 6. The SMILES string of the molecule is Cc1c2ccccc2c(-c2ccc(-c3ccc(-c4ccc5c(c4)C(C)(C)c4cc(-c6ccc7c(c6)C(C)(C)c6cc(-c8ccc(-c9ccc%10c%11c%12c(ccc9%11)C=C(C(C)(C)C)CC%12=CC%10)cc8)ccc6-7)ccc4-5)cc3)cc2)c2ccccc12. The highest BCUT2D eigenvalue weighted by atomic mass is 14.4. The predicted octanol–water partition coefficient (Wildman–Crippen LogP) is 22.8. The van der Waals surface area contributed by atoms with Gasteiger partial charge in [-0.25, -0.2) is 0 Å². The molecule has 0 heteroatoms. The van der Waals surface area contributed by atoms with Crippen LogP contribution in [0.1, 0.15) is 99.4 Å². The molecule has 0 aromatic heterocycles. The van der Waals surface area contributed by atoms with Gasteiger partial charge in [0, 0.05) is 10.8 Å². The van der Waals surface area contributed by atoms with Gasteiger partial charge in [0.05, 0.1) is 0 Å². The zero-order chi connectivity index (χ0) is 56.3. The molecule has 398 valence electrons. The number of hydrogen-bond acceptors (Lipinski definition) is 0. The van der Waals surface area contributed by atoms with Gasteiger partial charge in [-0.05, 0) is 221 Å². The molecule has 0 N–H and O–H groups in total. The van der Waals surface area contributed by atoms with Crippen molar-refractivity contribution in [3.63, 3.8) is 0 Å². The Hall–Kier alpha value is -9.10. The van der Waals surface area contributed by atoms with E-state index in [1.54, 1.807) is 0 Å². The Kier molecular flexibility index (Phi) is 10.7. The van der Waals surface area contributed by atoms with E-state index < -0.39 is 0 Å². The van der Waals surface area contributed by atoms with Crippen LogP contribution in [0.2, 0.25) is 0 Å². The van der Waals surface area contributed by atoms with E-state index in [-0.39, 0.29) is 16.2 Å². The summed E-state index contributed by atoms with van der Waals surface area (Å²) in [5.41, 5.74) is 34.5. The fourth-order valence-electron chi connectivity index (χ4n) is 15.2. The predicted molar refractivity (Wildman–Crippen MR) is 355 cm³/mol. The van der Waals surface area contributed by atoms with Crippen LogP contribution in [0.25, 0.3) is 133 Å². The van der Waals surface area contributed by atoms with E-state index in [4.69, 9.17) is 0 Å². The molecule has 83 heavy (non-hydrogen) atoms. The fourth-order valence-corrected chi connectivity index (χ4v) is 15.2. The lowest BCUT2D eigenvalue weighted by Gasteiger charge is -2.32. The maximum atomic E-state index is 2.49. The third-order valence-electron chi connectivity index (χ3n) is 20.0. The van der Waals surface area contributed by atoms with Crippen molar-refractivity contribution in [1.82, 2.24) is 0 Å². The number of aryl methyl sites for hydroxylation is 1. The number of benzene rings is 12. The van der Waals surface area contributed by atoms with E-state index >= 15 is 0 Å². The summed E-state index contributed by atoms with van der Waals surface area (Å²) in [6.07, 6.45) is 7.01. The van der Waals surface area contributed by atoms with E-state index in [1.807, 2.05) is 0 Å². The van der Waals surface area contributed by atoms with Crippen LogP contribution in [-0.4, -0.2) is 0 Å². The van der Waals surface area contributed by atoms with Crippen molar-refractivity contribution in [1.29, 1.82) is 0 Å². The van der Waals surface area contributed by atoms with Crippen LogP contribution in [0.3, 0.4) is 0 Å². The van der Waals surface area contributed by atoms with Gasteiger partial charge in [-0.2, -0.15) is 0 Å². The minimum Gasteiger partial charge on any atom is -0.0759 e. The molecule has 0 aliphatic heterocycles. The second-order valence-corrected chi connectivity index (χ2v) is 26.4. The van der Waals surface area contributed by atoms with E-state index in [1.165, 1.54) is 177 Å². The Labute approximate surface area is 489 Å². The Morgan fingerprint density at radius 1 is 0.349 bits per heavy atom. The molecule has 12 aromatic rings. The molecule has 0 nitrogen and oxygen atoms in total. The summed E-state index contributed by atoms with van der Waals surface area (Å²) in [5.74, 6) is 0. The van der Waals surface area contributed by atoms with E-state index in [9.17, 15) is 0 Å². The molecule has 12 aromatic carbocycles. The number of allylic oxidation sites excluding steroid dienone is 3. The maximum absolute atomic E-state index is 2.49. The monoisotopic (exact) mass is 1060 g/mol. The third kappa shape index (κ3) is 7.58. The molecule has 4 aliphatic carbocycles. The van der Waals surface area contributed by atoms with Crippen molar-refractivity contribution in [3.8, 4) is 89.0 Å². The summed E-state index contributed by atoms with van der Waals surface area (Å²) in [4.78, 5) is 0. The molecule has 0 saturated heterocycles. The highest BCUT2D eigenvalue weighted by molar-refractivity contribution is 6.15. The summed E-state index contributed by atoms with van der Waals surface area (Å²) in [5, 5.41) is 8.06. The quantitative estimate of drug-likeness (QED) is 0.146. The molecule has 0 saturated carbocycles. The van der Waals surface area contributed by atoms with Gasteiger partial charge in [0.15, 0.2) is 0 Å². The van der Waals surface area contributed by atoms with Crippen LogP contribution in [0.15, 0.2) is 230 Å². The summed E-state index contributed by atoms with van der Waals surface area (Å²) in [6.45, 7) is 18.9. The zero-order valence-electron chi connectivity index (χ0n) is 48.9. The van der Waals surface area contributed by atoms with Gasteiger partial charge >= 0.3 is 0 Å². The molecule has 0 atom stereocenters. The molecule has 0 spiro atoms. The molecular weight excluding hydrogens is 997 g/mol. The minimum absolute atomic E-state index is 0.157. The van der Waals surface area contributed by atoms with Crippen LogP contribution in [0, 0.1) is 12.3 Å². The van der Waals surface area contributed by atoms with E-state index in [2.05, 4.69) is 286 Å². The zero-order valence-corrected chi connectivity index (χ0v) is 48.9. The van der Waals surface area contributed by atoms with Crippen LogP contribution in [-0.2, 0) is 17.3 Å². The van der Waals surface area contributed by atoms with Gasteiger partial charge in [0.25, 0.3) is 0 Å². The average molecular weight is 1060 g/mol. The molecule has 16 rings (SSSR count). The highest BCUT2D eigenvalue weighted by Gasteiger charge is 2.38. The van der Waals surface area contributed by atoms with Crippen LogP contribution >= 0.6 is 0 Å². The normalized spacial score (nSPS) is 15.0. The third-order valence-corrected chi connectivity index (χ3v) is 20.0. The van der Waals surface area contributed by atoms with Gasteiger partial charge < -0.3 is 0 Å². The van der Waals surface area contributed by atoms with Crippen molar-refractivity contribution in [2.45, 2.75) is 79.1 Å². The molecular formula is C83H66. The largest absolute Gasteiger partial charge is 0.0759 e. The minimum atomic E-state index is -0.158. The van der Waals surface area contributed by atoms with Gasteiger partial charge in [-0.15, -0.1) is 0 Å². The fraction of sp³-hybridized carbons (Fsp3) is 0.157. The van der Waals surface area contributed by atoms with Crippen LogP contribution in [0.4, 0.5) is 0 Å².